The highest BCUT2D eigenvalue weighted by molar-refractivity contribution is 5.96. The van der Waals surface area contributed by atoms with Crippen molar-refractivity contribution in [3.8, 4) is 5.75 Å². The molecule has 1 N–H and O–H groups in total. The highest BCUT2D eigenvalue weighted by atomic mass is 16.5. The van der Waals surface area contributed by atoms with Gasteiger partial charge in [0.05, 0.1) is 18.2 Å². The van der Waals surface area contributed by atoms with Crippen LogP contribution in [0.5, 0.6) is 5.75 Å². The number of hydrogen-bond donors (Lipinski definition) is 1. The van der Waals surface area contributed by atoms with Crippen LogP contribution >= 0.6 is 0 Å². The van der Waals surface area contributed by atoms with Crippen molar-refractivity contribution in [3.63, 3.8) is 0 Å². The van der Waals surface area contributed by atoms with E-state index in [1.165, 1.54) is 0 Å². The Kier molecular flexibility index (Phi) is 3.61. The Balaban J connectivity index is 2.49. The van der Waals surface area contributed by atoms with Crippen LogP contribution in [-0.4, -0.2) is 24.0 Å². The van der Waals surface area contributed by atoms with Crippen LogP contribution in [0.25, 0.3) is 11.0 Å². The number of benzene rings is 1. The molecule has 0 unspecified atom stereocenters. The summed E-state index contributed by atoms with van der Waals surface area (Å²) in [5.41, 5.74) is -0.700. The third-order valence-corrected chi connectivity index (χ3v) is 2.39. The number of fused-ring (bicyclic) bond motifs is 1. The van der Waals surface area contributed by atoms with E-state index in [-0.39, 0.29) is 23.5 Å². The third-order valence-electron chi connectivity index (χ3n) is 2.39. The van der Waals surface area contributed by atoms with Crippen molar-refractivity contribution in [2.75, 3.05) is 6.61 Å². The summed E-state index contributed by atoms with van der Waals surface area (Å²) in [6.45, 7) is 1.81. The Bertz CT molecular complexity index is 702. The van der Waals surface area contributed by atoms with Crippen molar-refractivity contribution < 1.29 is 19.1 Å². The van der Waals surface area contributed by atoms with Crippen LogP contribution in [0.4, 0.5) is 4.79 Å². The summed E-state index contributed by atoms with van der Waals surface area (Å²) < 4.78 is 9.59. The van der Waals surface area contributed by atoms with E-state index in [4.69, 9.17) is 4.42 Å². The minimum absolute atomic E-state index is 0.175. The lowest BCUT2D eigenvalue weighted by Crippen LogP contribution is -2.08. The van der Waals surface area contributed by atoms with Gasteiger partial charge in [0.25, 0.3) is 0 Å². The van der Waals surface area contributed by atoms with Crippen LogP contribution in [0.2, 0.25) is 0 Å². The average molecular weight is 261 g/mol. The molecule has 1 amide bonds. The summed E-state index contributed by atoms with van der Waals surface area (Å²) in [7, 11) is 0. The topological polar surface area (TPSA) is 89.1 Å². The van der Waals surface area contributed by atoms with E-state index in [9.17, 15) is 14.7 Å². The first-order valence-electron chi connectivity index (χ1n) is 5.59. The van der Waals surface area contributed by atoms with E-state index in [0.717, 1.165) is 6.21 Å². The number of hydrogen-bond acceptors (Lipinski definition) is 5. The number of ether oxygens (including phenoxy) is 1. The lowest BCUT2D eigenvalue weighted by molar-refractivity contribution is 0.163. The monoisotopic (exact) mass is 261 g/mol. The first kappa shape index (κ1) is 12.8. The van der Waals surface area contributed by atoms with Crippen LogP contribution in [0, 0.1) is 0 Å². The van der Waals surface area contributed by atoms with Gasteiger partial charge in [-0.05, 0) is 19.1 Å². The molecule has 0 aliphatic rings. The summed E-state index contributed by atoms with van der Waals surface area (Å²) in [6.07, 6.45) is 0.0976. The standard InChI is InChI=1S/C13H11NO5/c1-2-18-13(17)14-7-9-11(15)8-5-3-4-6-10(8)19-12(9)16/h3-7,15H,2H2,1H3/b14-7+. The molecule has 0 fully saturated rings. The molecule has 98 valence electrons. The molecule has 19 heavy (non-hydrogen) atoms. The van der Waals surface area contributed by atoms with Gasteiger partial charge in [-0.15, -0.1) is 0 Å². The number of carbonyl (C=O) groups excluding carboxylic acids is 1. The Morgan fingerprint density at radius 3 is 2.95 bits per heavy atom. The van der Waals surface area contributed by atoms with Gasteiger partial charge in [0.2, 0.25) is 0 Å². The normalized spacial score (nSPS) is 11.0. The Morgan fingerprint density at radius 1 is 1.47 bits per heavy atom. The number of carbonyl (C=O) groups is 1. The minimum atomic E-state index is -0.838. The van der Waals surface area contributed by atoms with Gasteiger partial charge in [0, 0.05) is 0 Å². The lowest BCUT2D eigenvalue weighted by atomic mass is 10.1. The fraction of sp³-hybridized carbons (Fsp3) is 0.154. The van der Waals surface area contributed by atoms with Gasteiger partial charge in [-0.25, -0.2) is 9.59 Å². The molecule has 6 nitrogen and oxygen atoms in total. The van der Waals surface area contributed by atoms with Crippen molar-refractivity contribution in [1.82, 2.24) is 0 Å². The van der Waals surface area contributed by atoms with Crippen molar-refractivity contribution in [2.24, 2.45) is 4.99 Å². The van der Waals surface area contributed by atoms with Crippen LogP contribution in [-0.2, 0) is 4.74 Å². The third kappa shape index (κ3) is 2.62. The van der Waals surface area contributed by atoms with Crippen molar-refractivity contribution >= 4 is 23.3 Å². The van der Waals surface area contributed by atoms with Crippen molar-refractivity contribution in [2.45, 2.75) is 6.92 Å². The second kappa shape index (κ2) is 5.34. The second-order valence-electron chi connectivity index (χ2n) is 3.61. The zero-order valence-electron chi connectivity index (χ0n) is 10.1. The number of rotatable bonds is 2. The van der Waals surface area contributed by atoms with E-state index >= 15 is 0 Å². The molecule has 1 aromatic heterocycles. The fourth-order valence-electron chi connectivity index (χ4n) is 1.54. The molecule has 0 saturated heterocycles. The zero-order chi connectivity index (χ0) is 13.8. The summed E-state index contributed by atoms with van der Waals surface area (Å²) >= 11 is 0. The number of para-hydroxylation sites is 1. The Morgan fingerprint density at radius 2 is 2.21 bits per heavy atom. The molecule has 0 radical (unpaired) electrons. The molecule has 0 spiro atoms. The summed E-state index contributed by atoms with van der Waals surface area (Å²) in [4.78, 5) is 26.1. The Hall–Kier alpha value is -2.63. The summed E-state index contributed by atoms with van der Waals surface area (Å²) in [6, 6.07) is 6.52. The largest absolute Gasteiger partial charge is 0.506 e. The molecular formula is C13H11NO5. The van der Waals surface area contributed by atoms with E-state index in [1.807, 2.05) is 0 Å². The van der Waals surface area contributed by atoms with Gasteiger partial charge in [0.1, 0.15) is 16.9 Å². The molecule has 6 heteroatoms. The minimum Gasteiger partial charge on any atom is -0.506 e. The van der Waals surface area contributed by atoms with Crippen LogP contribution in [0.15, 0.2) is 38.5 Å². The SMILES string of the molecule is CCOC(=O)/N=C/c1c(O)c2ccccc2oc1=O. The molecule has 1 heterocycles. The highest BCUT2D eigenvalue weighted by Crippen LogP contribution is 2.24. The fourth-order valence-corrected chi connectivity index (χ4v) is 1.54. The maximum Gasteiger partial charge on any atom is 0.433 e. The molecule has 0 saturated carbocycles. The first-order valence-corrected chi connectivity index (χ1v) is 5.59. The number of aliphatic imine (C=N–C) groups is 1. The highest BCUT2D eigenvalue weighted by Gasteiger charge is 2.12. The summed E-state index contributed by atoms with van der Waals surface area (Å²) in [5.74, 6) is -0.278. The lowest BCUT2D eigenvalue weighted by Gasteiger charge is -2.01. The average Bonchev–Trinajstić information content (AvgIpc) is 2.39. The smallest absolute Gasteiger partial charge is 0.433 e. The number of amides is 1. The summed E-state index contributed by atoms with van der Waals surface area (Å²) in [5, 5.41) is 10.3. The van der Waals surface area contributed by atoms with Gasteiger partial charge in [-0.1, -0.05) is 12.1 Å². The van der Waals surface area contributed by atoms with E-state index < -0.39 is 11.7 Å². The van der Waals surface area contributed by atoms with Crippen molar-refractivity contribution in [3.05, 3.63) is 40.2 Å². The predicted octanol–water partition coefficient (Wildman–Crippen LogP) is 2.07. The maximum absolute atomic E-state index is 11.7. The second-order valence-corrected chi connectivity index (χ2v) is 3.61. The maximum atomic E-state index is 11.7. The van der Waals surface area contributed by atoms with Gasteiger partial charge in [-0.3, -0.25) is 0 Å². The molecule has 0 bridgehead atoms. The molecular weight excluding hydrogens is 250 g/mol. The number of nitrogens with zero attached hydrogens (tertiary/aromatic N) is 1. The molecule has 0 atom stereocenters. The quantitative estimate of drug-likeness (QED) is 0.660. The number of aromatic hydroxyl groups is 1. The molecule has 0 aliphatic heterocycles. The molecule has 1 aromatic carbocycles. The van der Waals surface area contributed by atoms with E-state index in [0.29, 0.717) is 5.39 Å². The first-order chi connectivity index (χ1) is 9.13. The predicted molar refractivity (Wildman–Crippen MR) is 68.8 cm³/mol. The molecule has 0 aliphatic carbocycles. The van der Waals surface area contributed by atoms with Gasteiger partial charge >= 0.3 is 11.7 Å². The van der Waals surface area contributed by atoms with Crippen LogP contribution < -0.4 is 5.63 Å². The Labute approximate surface area is 108 Å². The molecule has 2 rings (SSSR count). The van der Waals surface area contributed by atoms with Crippen LogP contribution in [0.3, 0.4) is 0 Å². The van der Waals surface area contributed by atoms with E-state index in [1.54, 1.807) is 31.2 Å². The van der Waals surface area contributed by atoms with Gasteiger partial charge in [0.15, 0.2) is 0 Å². The van der Waals surface area contributed by atoms with Crippen molar-refractivity contribution in [1.29, 1.82) is 0 Å². The zero-order valence-corrected chi connectivity index (χ0v) is 10.1. The van der Waals surface area contributed by atoms with Gasteiger partial charge in [-0.2, -0.15) is 4.99 Å². The van der Waals surface area contributed by atoms with Gasteiger partial charge < -0.3 is 14.3 Å². The van der Waals surface area contributed by atoms with Crippen LogP contribution in [0.1, 0.15) is 12.5 Å². The van der Waals surface area contributed by atoms with E-state index in [2.05, 4.69) is 9.73 Å². The molecule has 2 aromatic rings.